The molecule has 18 heteroatoms. The number of ether oxygens (including phenoxy) is 3. The van der Waals surface area contributed by atoms with Gasteiger partial charge >= 0.3 is 0 Å². The van der Waals surface area contributed by atoms with Crippen molar-refractivity contribution in [2.45, 2.75) is 84.8 Å². The molecule has 0 unspecified atom stereocenters. The highest BCUT2D eigenvalue weighted by atomic mass is 35.5. The van der Waals surface area contributed by atoms with Crippen LogP contribution in [0.4, 0.5) is 0 Å². The van der Waals surface area contributed by atoms with Gasteiger partial charge in [-0.3, -0.25) is 23.9 Å². The molecule has 4 N–H and O–H groups in total. The SMILES string of the molecule is Cc1ncsc1-c1ccc([C@H](C)NC(=O)[C@@H]2C[C@@H](O)CN2C(=O)[C@@H](NC(=O)COCCOCCOc2ccc(C(=O)N[C@@H](C)Cn3ccc(-c4ccc(C#N)c(Cl)c4)n3)cc2)C(C)(C)C)cc1. The molecule has 4 amide bonds. The van der Waals surface area contributed by atoms with Crippen molar-refractivity contribution >= 4 is 46.6 Å². The Balaban J connectivity index is 0.870. The molecule has 1 aliphatic rings. The number of benzene rings is 3. The maximum absolute atomic E-state index is 14.0. The third-order valence-electron chi connectivity index (χ3n) is 11.1. The standard InChI is InChI=1S/C49H57ClN8O8S/c1-30(26-57-18-17-41(56-57)36-11-12-37(25-51)40(50)23-36)53-46(61)35-13-15-39(16-14-35)66-22-21-64-19-20-65-28-43(60)55-45(49(4,5)6)48(63)58-27-38(59)24-42(58)47(62)54-31(2)33-7-9-34(10-8-33)44-32(3)52-29-67-44/h7-18,23,29-31,38,42,45,59H,19-22,24,26-28H2,1-6H3,(H,53,61)(H,54,62)(H,55,60)/t30-,31-,38+,42-,45+/m0/s1. The number of nitrogens with one attached hydrogen (secondary N) is 3. The monoisotopic (exact) mass is 952 g/mol. The summed E-state index contributed by atoms with van der Waals surface area (Å²) in [5.41, 5.74) is 6.32. The number of aromatic nitrogens is 3. The number of carbonyl (C=O) groups excluding carboxylic acids is 4. The average Bonchev–Trinajstić information content (AvgIpc) is 4.06. The van der Waals surface area contributed by atoms with E-state index < -0.39 is 35.4 Å². The molecule has 67 heavy (non-hydrogen) atoms. The van der Waals surface area contributed by atoms with Crippen molar-refractivity contribution in [2.24, 2.45) is 5.41 Å². The highest BCUT2D eigenvalue weighted by Gasteiger charge is 2.44. The number of hydrogen-bond donors (Lipinski definition) is 4. The Labute approximate surface area is 399 Å². The molecule has 0 bridgehead atoms. The summed E-state index contributed by atoms with van der Waals surface area (Å²) >= 11 is 7.75. The Kier molecular flexibility index (Phi) is 17.3. The Bertz CT molecular complexity index is 2530. The largest absolute Gasteiger partial charge is 0.491 e. The number of aliphatic hydroxyl groups is 1. The van der Waals surface area contributed by atoms with Gasteiger partial charge in [0.05, 0.1) is 70.9 Å². The van der Waals surface area contributed by atoms with Crippen LogP contribution in [0.5, 0.6) is 5.75 Å². The highest BCUT2D eigenvalue weighted by molar-refractivity contribution is 7.13. The minimum atomic E-state index is -0.991. The van der Waals surface area contributed by atoms with Gasteiger partial charge in [0.1, 0.15) is 37.1 Å². The first-order chi connectivity index (χ1) is 32.0. The predicted molar refractivity (Wildman–Crippen MR) is 254 cm³/mol. The molecule has 5 atom stereocenters. The van der Waals surface area contributed by atoms with E-state index in [-0.39, 0.29) is 69.9 Å². The van der Waals surface area contributed by atoms with Crippen LogP contribution < -0.4 is 20.7 Å². The van der Waals surface area contributed by atoms with E-state index >= 15 is 0 Å². The maximum Gasteiger partial charge on any atom is 0.251 e. The fourth-order valence-corrected chi connectivity index (χ4v) is 8.57. The van der Waals surface area contributed by atoms with E-state index in [0.717, 1.165) is 27.3 Å². The summed E-state index contributed by atoms with van der Waals surface area (Å²) in [7, 11) is 0. The van der Waals surface area contributed by atoms with Gasteiger partial charge in [0.15, 0.2) is 0 Å². The van der Waals surface area contributed by atoms with E-state index in [1.807, 2.05) is 89.7 Å². The topological polar surface area (TPSA) is 210 Å². The summed E-state index contributed by atoms with van der Waals surface area (Å²) in [6, 6.07) is 21.2. The number of likely N-dealkylation sites (tertiary alicyclic amines) is 1. The zero-order valence-electron chi connectivity index (χ0n) is 38.5. The van der Waals surface area contributed by atoms with Crippen molar-refractivity contribution < 1.29 is 38.5 Å². The number of carbonyl (C=O) groups is 4. The number of β-amino-alcohol motifs (C(OH)–C–C–N with tert-alkyl or cyclic N) is 1. The number of aryl methyl sites for hydroxylation is 1. The summed E-state index contributed by atoms with van der Waals surface area (Å²) in [5.74, 6) is -1.04. The van der Waals surface area contributed by atoms with Crippen molar-refractivity contribution in [3.8, 4) is 33.5 Å². The molecule has 354 valence electrons. The lowest BCUT2D eigenvalue weighted by molar-refractivity contribution is -0.144. The first-order valence-electron chi connectivity index (χ1n) is 22.0. The Hall–Kier alpha value is -6.16. The summed E-state index contributed by atoms with van der Waals surface area (Å²) in [6.45, 7) is 12.1. The maximum atomic E-state index is 14.0. The second kappa shape index (κ2) is 23.0. The minimum absolute atomic E-state index is 0.0349. The highest BCUT2D eigenvalue weighted by Crippen LogP contribution is 2.30. The van der Waals surface area contributed by atoms with Gasteiger partial charge in [-0.2, -0.15) is 10.4 Å². The van der Waals surface area contributed by atoms with Crippen molar-refractivity contribution in [1.29, 1.82) is 5.26 Å². The molecule has 6 rings (SSSR count). The fraction of sp³-hybridized carbons (Fsp3) is 0.408. The van der Waals surface area contributed by atoms with E-state index in [0.29, 0.717) is 34.1 Å². The quantitative estimate of drug-likeness (QED) is 0.0655. The molecule has 5 aromatic rings. The van der Waals surface area contributed by atoms with Crippen LogP contribution in [0.3, 0.4) is 0 Å². The number of aliphatic hydroxyl groups excluding tert-OH is 1. The first-order valence-corrected chi connectivity index (χ1v) is 23.3. The van der Waals surface area contributed by atoms with Gasteiger partial charge in [-0.15, -0.1) is 11.3 Å². The van der Waals surface area contributed by atoms with Gasteiger partial charge in [-0.1, -0.05) is 62.7 Å². The number of nitrogens with zero attached hydrogens (tertiary/aromatic N) is 5. The van der Waals surface area contributed by atoms with E-state index in [1.165, 1.54) is 4.90 Å². The summed E-state index contributed by atoms with van der Waals surface area (Å²) in [4.78, 5) is 60.3. The van der Waals surface area contributed by atoms with E-state index in [1.54, 1.807) is 58.5 Å². The number of halogens is 1. The van der Waals surface area contributed by atoms with Crippen LogP contribution in [-0.4, -0.2) is 112 Å². The van der Waals surface area contributed by atoms with Crippen molar-refractivity contribution in [3.63, 3.8) is 0 Å². The normalized spacial score (nSPS) is 16.1. The van der Waals surface area contributed by atoms with Crippen LogP contribution in [0.15, 0.2) is 84.5 Å². The van der Waals surface area contributed by atoms with Gasteiger partial charge in [0.25, 0.3) is 5.91 Å². The summed E-state index contributed by atoms with van der Waals surface area (Å²) in [5, 5.41) is 33.4. The molecule has 0 aliphatic carbocycles. The third-order valence-corrected chi connectivity index (χ3v) is 12.4. The lowest BCUT2D eigenvalue weighted by atomic mass is 9.85. The zero-order valence-corrected chi connectivity index (χ0v) is 40.0. The lowest BCUT2D eigenvalue weighted by Gasteiger charge is -2.35. The van der Waals surface area contributed by atoms with Gasteiger partial charge < -0.3 is 40.2 Å². The molecule has 0 spiro atoms. The number of rotatable bonds is 20. The molecule has 3 aromatic carbocycles. The molecule has 1 saturated heterocycles. The lowest BCUT2D eigenvalue weighted by Crippen LogP contribution is -2.58. The fourth-order valence-electron chi connectivity index (χ4n) is 7.54. The smallest absolute Gasteiger partial charge is 0.251 e. The van der Waals surface area contributed by atoms with Crippen molar-refractivity contribution in [2.75, 3.05) is 39.6 Å². The van der Waals surface area contributed by atoms with Gasteiger partial charge in [0, 0.05) is 36.3 Å². The first kappa shape index (κ1) is 50.3. The second-order valence-electron chi connectivity index (χ2n) is 17.5. The minimum Gasteiger partial charge on any atom is -0.491 e. The van der Waals surface area contributed by atoms with E-state index in [4.69, 9.17) is 31.1 Å². The Morgan fingerprint density at radius 2 is 1.64 bits per heavy atom. The molecule has 1 fully saturated rings. The molecule has 3 heterocycles. The van der Waals surface area contributed by atoms with Gasteiger partial charge in [0.2, 0.25) is 17.7 Å². The molecule has 16 nitrogen and oxygen atoms in total. The number of thiazole rings is 1. The van der Waals surface area contributed by atoms with Crippen molar-refractivity contribution in [3.05, 3.63) is 112 Å². The van der Waals surface area contributed by atoms with E-state index in [9.17, 15) is 24.3 Å². The third kappa shape index (κ3) is 13.7. The van der Waals surface area contributed by atoms with Gasteiger partial charge in [-0.05, 0) is 79.8 Å². The van der Waals surface area contributed by atoms with Crippen LogP contribution in [0.2, 0.25) is 5.02 Å². The predicted octanol–water partition coefficient (Wildman–Crippen LogP) is 6.11. The molecule has 2 aromatic heterocycles. The number of amides is 4. The molecule has 0 radical (unpaired) electrons. The van der Waals surface area contributed by atoms with Gasteiger partial charge in [-0.25, -0.2) is 4.98 Å². The van der Waals surface area contributed by atoms with Crippen molar-refractivity contribution in [1.82, 2.24) is 35.6 Å². The van der Waals surface area contributed by atoms with E-state index in [2.05, 4.69) is 26.0 Å². The van der Waals surface area contributed by atoms with Crippen LogP contribution >= 0.6 is 22.9 Å². The average molecular weight is 954 g/mol. The zero-order chi connectivity index (χ0) is 48.3. The van der Waals surface area contributed by atoms with Crippen LogP contribution in [0.25, 0.3) is 21.7 Å². The molecular formula is C49H57ClN8O8S. The van der Waals surface area contributed by atoms with Crippen LogP contribution in [0.1, 0.15) is 74.3 Å². The Morgan fingerprint density at radius 1 is 0.940 bits per heavy atom. The summed E-state index contributed by atoms with van der Waals surface area (Å²) in [6.07, 6.45) is 1.00. The summed E-state index contributed by atoms with van der Waals surface area (Å²) < 4.78 is 18.6. The van der Waals surface area contributed by atoms with Crippen LogP contribution in [-0.2, 0) is 30.4 Å². The molecular weight excluding hydrogens is 896 g/mol. The number of hydrogen-bond acceptors (Lipinski definition) is 12. The molecule has 1 aliphatic heterocycles. The van der Waals surface area contributed by atoms with Crippen LogP contribution in [0, 0.1) is 23.7 Å². The number of nitriles is 1. The Morgan fingerprint density at radius 3 is 2.31 bits per heavy atom. The second-order valence-corrected chi connectivity index (χ2v) is 18.8. The molecule has 0 saturated carbocycles.